The average Bonchev–Trinajstić information content (AvgIpc) is 2.26. The maximum Gasteiger partial charge on any atom is 0.247 e. The van der Waals surface area contributed by atoms with Gasteiger partial charge in [-0.2, -0.15) is 0 Å². The lowest BCUT2D eigenvalue weighted by molar-refractivity contribution is -0.892. The van der Waals surface area contributed by atoms with E-state index in [0.29, 0.717) is 6.67 Å². The fourth-order valence-corrected chi connectivity index (χ4v) is 1.05. The van der Waals surface area contributed by atoms with Gasteiger partial charge >= 0.3 is 0 Å². The van der Waals surface area contributed by atoms with Crippen LogP contribution in [0, 0.1) is 0 Å². The van der Waals surface area contributed by atoms with E-state index in [9.17, 15) is 17.8 Å². The van der Waals surface area contributed by atoms with Crippen LogP contribution < -0.4 is 5.32 Å². The van der Waals surface area contributed by atoms with E-state index >= 15 is 0 Å². The molecule has 0 saturated heterocycles. The van der Waals surface area contributed by atoms with Crippen molar-refractivity contribution in [2.75, 3.05) is 34.4 Å². The molecule has 8 heteroatoms. The molecule has 0 bridgehead atoms. The molecule has 0 spiro atoms. The van der Waals surface area contributed by atoms with E-state index in [1.54, 1.807) is 0 Å². The Morgan fingerprint density at radius 1 is 1.50 bits per heavy atom. The highest BCUT2D eigenvalue weighted by Crippen LogP contribution is 1.95. The van der Waals surface area contributed by atoms with Crippen LogP contribution in [0.2, 0.25) is 0 Å². The van der Waals surface area contributed by atoms with Crippen LogP contribution in [-0.4, -0.2) is 57.8 Å². The minimum absolute atomic E-state index is 0.0997. The number of nitrogens with one attached hydrogen (secondary N) is 1. The lowest BCUT2D eigenvalue weighted by atomic mass is 10.4. The Bertz CT molecular complexity index is 351. The van der Waals surface area contributed by atoms with Crippen molar-refractivity contribution in [3.05, 3.63) is 12.7 Å². The van der Waals surface area contributed by atoms with E-state index in [4.69, 9.17) is 0 Å². The molecular weight excluding hydrogens is 260 g/mol. The Kier molecular flexibility index (Phi) is 9.73. The molecule has 0 aromatic carbocycles. The molecule has 0 aromatic heterocycles. The third-order valence-electron chi connectivity index (χ3n) is 1.90. The zero-order valence-corrected chi connectivity index (χ0v) is 12.1. The third kappa shape index (κ3) is 15.0. The Labute approximate surface area is 109 Å². The van der Waals surface area contributed by atoms with Crippen LogP contribution in [0.1, 0.15) is 13.3 Å². The second kappa shape index (κ2) is 9.03. The number of nitrogens with zero attached hydrogens (tertiary/aromatic N) is 1. The molecule has 18 heavy (non-hydrogen) atoms. The summed E-state index contributed by atoms with van der Waals surface area (Å²) in [5, 5.41) is 2.77. The van der Waals surface area contributed by atoms with E-state index in [1.807, 2.05) is 0 Å². The highest BCUT2D eigenvalue weighted by Gasteiger charge is 2.12. The Morgan fingerprint density at radius 2 is 1.94 bits per heavy atom. The Morgan fingerprint density at radius 3 is 2.22 bits per heavy atom. The third-order valence-corrected chi connectivity index (χ3v) is 2.31. The van der Waals surface area contributed by atoms with Crippen molar-refractivity contribution in [3.8, 4) is 0 Å². The largest absolute Gasteiger partial charge is 0.726 e. The molecule has 0 unspecified atom stereocenters. The molecule has 1 amide bonds. The molecule has 7 nitrogen and oxygen atoms in total. The smallest absolute Gasteiger partial charge is 0.247 e. The summed E-state index contributed by atoms with van der Waals surface area (Å²) in [4.78, 5) is 10.8. The lowest BCUT2D eigenvalue weighted by Crippen LogP contribution is -2.48. The van der Waals surface area contributed by atoms with E-state index in [1.165, 1.54) is 6.08 Å². The van der Waals surface area contributed by atoms with Gasteiger partial charge in [0.2, 0.25) is 16.3 Å². The molecule has 0 heterocycles. The zero-order chi connectivity index (χ0) is 14.8. The summed E-state index contributed by atoms with van der Waals surface area (Å²) < 4.78 is 31.8. The van der Waals surface area contributed by atoms with Crippen molar-refractivity contribution in [2.24, 2.45) is 0 Å². The second-order valence-corrected chi connectivity index (χ2v) is 5.29. The van der Waals surface area contributed by atoms with Gasteiger partial charge in [-0.25, -0.2) is 8.42 Å². The van der Waals surface area contributed by atoms with Gasteiger partial charge < -0.3 is 14.4 Å². The molecular formula is C10H22N2O5S. The van der Waals surface area contributed by atoms with E-state index in [-0.39, 0.29) is 5.91 Å². The summed E-state index contributed by atoms with van der Waals surface area (Å²) in [5.74, 6) is -0.0997. The van der Waals surface area contributed by atoms with Gasteiger partial charge in [0.25, 0.3) is 0 Å². The molecule has 0 aliphatic rings. The van der Waals surface area contributed by atoms with Gasteiger partial charge in [0.15, 0.2) is 6.67 Å². The van der Waals surface area contributed by atoms with Gasteiger partial charge in [0.05, 0.1) is 27.7 Å². The summed E-state index contributed by atoms with van der Waals surface area (Å²) >= 11 is 0. The van der Waals surface area contributed by atoms with Crippen LogP contribution in [0.4, 0.5) is 0 Å². The first-order chi connectivity index (χ1) is 8.08. The van der Waals surface area contributed by atoms with Crippen LogP contribution in [0.3, 0.4) is 0 Å². The molecule has 0 aliphatic heterocycles. The van der Waals surface area contributed by atoms with Crippen molar-refractivity contribution >= 4 is 16.3 Å². The van der Waals surface area contributed by atoms with Gasteiger partial charge in [-0.05, 0) is 12.5 Å². The maximum atomic E-state index is 10.8. The molecule has 0 atom stereocenters. The fraction of sp³-hybridized carbons (Fsp3) is 0.700. The molecule has 108 valence electrons. The molecule has 0 radical (unpaired) electrons. The Hall–Kier alpha value is -0.960. The predicted octanol–water partition coefficient (Wildman–Crippen LogP) is -0.174. The minimum Gasteiger partial charge on any atom is -0.726 e. The van der Waals surface area contributed by atoms with Crippen LogP contribution in [0.25, 0.3) is 0 Å². The van der Waals surface area contributed by atoms with Crippen LogP contribution in [-0.2, 0) is 19.4 Å². The van der Waals surface area contributed by atoms with Crippen molar-refractivity contribution in [2.45, 2.75) is 13.3 Å². The molecule has 0 saturated carbocycles. The van der Waals surface area contributed by atoms with Gasteiger partial charge in [-0.15, -0.1) is 0 Å². The second-order valence-electron chi connectivity index (χ2n) is 4.14. The molecule has 1 N–H and O–H groups in total. The first kappa shape index (κ1) is 19.4. The predicted molar refractivity (Wildman–Crippen MR) is 67.2 cm³/mol. The van der Waals surface area contributed by atoms with Gasteiger partial charge in [0, 0.05) is 0 Å². The Balaban J connectivity index is 0. The first-order valence-corrected chi connectivity index (χ1v) is 6.65. The summed E-state index contributed by atoms with van der Waals surface area (Å²) in [5.41, 5.74) is 0. The summed E-state index contributed by atoms with van der Waals surface area (Å²) in [7, 11) is 0.576. The minimum atomic E-state index is -4.41. The fourth-order valence-electron chi connectivity index (χ4n) is 1.05. The number of hydrogen-bond acceptors (Lipinski definition) is 5. The topological polar surface area (TPSA) is 95.5 Å². The summed E-state index contributed by atoms with van der Waals surface area (Å²) in [6, 6.07) is 0. The zero-order valence-electron chi connectivity index (χ0n) is 11.3. The van der Waals surface area contributed by atoms with Crippen molar-refractivity contribution in [1.29, 1.82) is 0 Å². The van der Waals surface area contributed by atoms with E-state index in [2.05, 4.69) is 37.1 Å². The molecule has 0 fully saturated rings. The number of carbonyl (C=O) groups excluding carboxylic acids is 1. The summed E-state index contributed by atoms with van der Waals surface area (Å²) in [6.07, 6.45) is 2.42. The van der Waals surface area contributed by atoms with Crippen molar-refractivity contribution in [3.63, 3.8) is 0 Å². The number of rotatable bonds is 6. The normalized spacial score (nSPS) is 11.2. The van der Waals surface area contributed by atoms with Gasteiger partial charge in [-0.1, -0.05) is 13.5 Å². The van der Waals surface area contributed by atoms with Crippen molar-refractivity contribution in [1.82, 2.24) is 5.32 Å². The SMILES string of the molecule is C=CC(=O)NC[N+](C)(C)CCC.COS(=O)(=O)[O-]. The number of carbonyl (C=O) groups is 1. The van der Waals surface area contributed by atoms with Gasteiger partial charge in [0.1, 0.15) is 0 Å². The molecule has 0 rings (SSSR count). The highest BCUT2D eigenvalue weighted by molar-refractivity contribution is 7.80. The highest BCUT2D eigenvalue weighted by atomic mass is 32.3. The maximum absolute atomic E-state index is 10.8. The molecule has 0 aliphatic carbocycles. The average molecular weight is 282 g/mol. The number of hydrogen-bond donors (Lipinski definition) is 1. The van der Waals surface area contributed by atoms with Crippen LogP contribution in [0.15, 0.2) is 12.7 Å². The summed E-state index contributed by atoms with van der Waals surface area (Å²) in [6.45, 7) is 7.25. The van der Waals surface area contributed by atoms with E-state index in [0.717, 1.165) is 24.6 Å². The molecule has 0 aromatic rings. The van der Waals surface area contributed by atoms with Gasteiger partial charge in [-0.3, -0.25) is 8.98 Å². The van der Waals surface area contributed by atoms with Crippen molar-refractivity contribution < 1.29 is 26.4 Å². The number of amides is 1. The van der Waals surface area contributed by atoms with Crippen LogP contribution in [0.5, 0.6) is 0 Å². The first-order valence-electron chi connectivity index (χ1n) is 5.31. The number of quaternary nitrogens is 1. The quantitative estimate of drug-likeness (QED) is 0.240. The standard InChI is InChI=1S/C9H18N2O.CH4O4S/c1-5-7-11(3,4)8-10-9(12)6-2;1-5-6(2,3)4/h6H,2,5,7-8H2,1,3-4H3;1H3,(H,2,3,4). The van der Waals surface area contributed by atoms with E-state index < -0.39 is 10.4 Å². The van der Waals surface area contributed by atoms with Crippen LogP contribution >= 0.6 is 0 Å². The monoisotopic (exact) mass is 282 g/mol. The lowest BCUT2D eigenvalue weighted by Gasteiger charge is -2.28.